The van der Waals surface area contributed by atoms with Crippen molar-refractivity contribution in [3.8, 4) is 0 Å². The van der Waals surface area contributed by atoms with Crippen LogP contribution < -0.4 is 10.6 Å². The molecule has 0 atom stereocenters. The van der Waals surface area contributed by atoms with Crippen LogP contribution in [0.5, 0.6) is 0 Å². The minimum Gasteiger partial charge on any atom is -0.381 e. The fourth-order valence-electron chi connectivity index (χ4n) is 2.73. The van der Waals surface area contributed by atoms with Crippen molar-refractivity contribution in [1.29, 1.82) is 0 Å². The number of hydrogen-bond acceptors (Lipinski definition) is 3. The summed E-state index contributed by atoms with van der Waals surface area (Å²) in [4.78, 5) is 4.31. The highest BCUT2D eigenvalue weighted by Crippen LogP contribution is 2.34. The van der Waals surface area contributed by atoms with Gasteiger partial charge in [0.25, 0.3) is 0 Å². The molecule has 0 aromatic heterocycles. The lowest BCUT2D eigenvalue weighted by Crippen LogP contribution is -2.48. The van der Waals surface area contributed by atoms with Crippen molar-refractivity contribution in [2.24, 2.45) is 4.99 Å². The zero-order valence-corrected chi connectivity index (χ0v) is 19.3. The lowest BCUT2D eigenvalue weighted by Gasteiger charge is -2.37. The maximum Gasteiger partial charge on any atom is 0.191 e. The number of nitrogens with one attached hydrogen (secondary N) is 2. The van der Waals surface area contributed by atoms with E-state index in [9.17, 15) is 0 Å². The van der Waals surface area contributed by atoms with E-state index in [1.54, 1.807) is 13.1 Å². The van der Waals surface area contributed by atoms with Gasteiger partial charge < -0.3 is 15.4 Å². The van der Waals surface area contributed by atoms with E-state index < -0.39 is 0 Å². The van der Waals surface area contributed by atoms with Crippen molar-refractivity contribution < 1.29 is 4.74 Å². The monoisotopic (exact) mass is 517 g/mol. The predicted molar refractivity (Wildman–Crippen MR) is 121 cm³/mol. The normalized spacial score (nSPS) is 16.9. The summed E-state index contributed by atoms with van der Waals surface area (Å²) < 4.78 is 5.74. The molecule has 1 aliphatic heterocycles. The summed E-state index contributed by atoms with van der Waals surface area (Å²) in [6.07, 6.45) is 2.14. The number of aliphatic imine (C=N–C) groups is 1. The molecule has 1 saturated heterocycles. The predicted octanol–water partition coefficient (Wildman–Crippen LogP) is 4.58. The van der Waals surface area contributed by atoms with Crippen LogP contribution in [0.1, 0.15) is 25.3 Å². The van der Waals surface area contributed by atoms with Crippen LogP contribution in [0.3, 0.4) is 0 Å². The third-order valence-corrected chi connectivity index (χ3v) is 6.16. The molecule has 0 bridgehead atoms. The minimum absolute atomic E-state index is 0. The molecule has 1 aromatic rings. The van der Waals surface area contributed by atoms with Crippen LogP contribution in [0.15, 0.2) is 23.2 Å². The minimum atomic E-state index is 0. The van der Waals surface area contributed by atoms with Crippen LogP contribution >= 0.6 is 58.9 Å². The van der Waals surface area contributed by atoms with E-state index in [-0.39, 0.29) is 28.7 Å². The molecular formula is C17H26Cl2IN3OS. The molecule has 142 valence electrons. The van der Waals surface area contributed by atoms with Gasteiger partial charge in [-0.25, -0.2) is 0 Å². The topological polar surface area (TPSA) is 45.7 Å². The fourth-order valence-corrected chi connectivity index (χ4v) is 4.45. The van der Waals surface area contributed by atoms with Crippen molar-refractivity contribution >= 4 is 64.9 Å². The van der Waals surface area contributed by atoms with Gasteiger partial charge in [0.2, 0.25) is 0 Å². The van der Waals surface area contributed by atoms with Gasteiger partial charge in [-0.05, 0) is 36.3 Å². The highest BCUT2D eigenvalue weighted by atomic mass is 127. The summed E-state index contributed by atoms with van der Waals surface area (Å²) in [5.74, 6) is 1.89. The largest absolute Gasteiger partial charge is 0.381 e. The van der Waals surface area contributed by atoms with Gasteiger partial charge in [0, 0.05) is 48.1 Å². The van der Waals surface area contributed by atoms with Gasteiger partial charge in [0.05, 0.1) is 0 Å². The summed E-state index contributed by atoms with van der Waals surface area (Å²) >= 11 is 14.2. The van der Waals surface area contributed by atoms with Crippen LogP contribution in [0.4, 0.5) is 0 Å². The number of benzene rings is 1. The SMILES string of the molecule is CCSC1(CNC(=NC)NCc2ccc(Cl)cc2Cl)CCOCC1.I. The van der Waals surface area contributed by atoms with Crippen LogP contribution in [-0.2, 0) is 11.3 Å². The number of nitrogens with zero attached hydrogens (tertiary/aromatic N) is 1. The summed E-state index contributed by atoms with van der Waals surface area (Å²) in [7, 11) is 1.78. The summed E-state index contributed by atoms with van der Waals surface area (Å²) in [6.45, 7) is 5.36. The van der Waals surface area contributed by atoms with Crippen LogP contribution in [0.25, 0.3) is 0 Å². The highest BCUT2D eigenvalue weighted by molar-refractivity contribution is 14.0. The van der Waals surface area contributed by atoms with Gasteiger partial charge in [-0.1, -0.05) is 36.2 Å². The van der Waals surface area contributed by atoms with E-state index in [1.165, 1.54) is 0 Å². The molecule has 1 heterocycles. The van der Waals surface area contributed by atoms with E-state index in [2.05, 4.69) is 22.5 Å². The molecule has 1 aliphatic rings. The first-order chi connectivity index (χ1) is 11.6. The molecular weight excluding hydrogens is 492 g/mol. The average Bonchev–Trinajstić information content (AvgIpc) is 2.57. The fraction of sp³-hybridized carbons (Fsp3) is 0.588. The molecule has 0 radical (unpaired) electrons. The average molecular weight is 518 g/mol. The molecule has 1 fully saturated rings. The lowest BCUT2D eigenvalue weighted by molar-refractivity contribution is 0.0782. The number of rotatable bonds is 6. The molecule has 0 saturated carbocycles. The summed E-state index contributed by atoms with van der Waals surface area (Å²) in [6, 6.07) is 5.53. The Morgan fingerprint density at radius 2 is 2.00 bits per heavy atom. The molecule has 25 heavy (non-hydrogen) atoms. The van der Waals surface area contributed by atoms with Gasteiger partial charge in [-0.2, -0.15) is 11.8 Å². The summed E-state index contributed by atoms with van der Waals surface area (Å²) in [5.41, 5.74) is 0.993. The van der Waals surface area contributed by atoms with Gasteiger partial charge in [-0.15, -0.1) is 24.0 Å². The molecule has 0 unspecified atom stereocenters. The van der Waals surface area contributed by atoms with E-state index >= 15 is 0 Å². The number of hydrogen-bond donors (Lipinski definition) is 2. The van der Waals surface area contributed by atoms with Crippen molar-refractivity contribution in [1.82, 2.24) is 10.6 Å². The van der Waals surface area contributed by atoms with E-state index in [0.717, 1.165) is 49.9 Å². The molecule has 2 N–H and O–H groups in total. The maximum atomic E-state index is 6.22. The van der Waals surface area contributed by atoms with Gasteiger partial charge in [0.15, 0.2) is 5.96 Å². The van der Waals surface area contributed by atoms with Gasteiger partial charge >= 0.3 is 0 Å². The number of thioether (sulfide) groups is 1. The standard InChI is InChI=1S/C17H25Cl2N3OS.HI/c1-3-24-17(6-8-23-9-7-17)12-22-16(20-2)21-11-13-4-5-14(18)10-15(13)19;/h4-5,10H,3,6-9,11-12H2,1-2H3,(H2,20,21,22);1H. The maximum absolute atomic E-state index is 6.22. The third kappa shape index (κ3) is 7.33. The quantitative estimate of drug-likeness (QED) is 0.329. The van der Waals surface area contributed by atoms with E-state index in [1.807, 2.05) is 23.9 Å². The van der Waals surface area contributed by atoms with Crippen molar-refractivity contribution in [3.63, 3.8) is 0 Å². The Morgan fingerprint density at radius 1 is 1.28 bits per heavy atom. The van der Waals surface area contributed by atoms with Gasteiger partial charge in [-0.3, -0.25) is 4.99 Å². The Kier molecular flexibility index (Phi) is 10.9. The second-order valence-electron chi connectivity index (χ2n) is 5.74. The lowest BCUT2D eigenvalue weighted by atomic mass is 9.99. The third-order valence-electron chi connectivity index (χ3n) is 4.12. The van der Waals surface area contributed by atoms with Crippen LogP contribution in [-0.4, -0.2) is 43.3 Å². The molecule has 0 spiro atoms. The first-order valence-corrected chi connectivity index (χ1v) is 9.93. The second-order valence-corrected chi connectivity index (χ2v) is 8.32. The first kappa shape index (κ1) is 23.1. The second kappa shape index (κ2) is 11.7. The first-order valence-electron chi connectivity index (χ1n) is 8.19. The number of guanidine groups is 1. The van der Waals surface area contributed by atoms with Crippen molar-refractivity contribution in [2.45, 2.75) is 31.1 Å². The molecule has 0 aliphatic carbocycles. The van der Waals surface area contributed by atoms with Crippen molar-refractivity contribution in [3.05, 3.63) is 33.8 Å². The Morgan fingerprint density at radius 3 is 2.60 bits per heavy atom. The van der Waals surface area contributed by atoms with Crippen molar-refractivity contribution in [2.75, 3.05) is 32.6 Å². The molecule has 1 aromatic carbocycles. The zero-order valence-electron chi connectivity index (χ0n) is 14.6. The number of ether oxygens (including phenoxy) is 1. The molecule has 4 nitrogen and oxygen atoms in total. The smallest absolute Gasteiger partial charge is 0.191 e. The molecule has 0 amide bonds. The summed E-state index contributed by atoms with van der Waals surface area (Å²) in [5, 5.41) is 8.08. The Labute approximate surface area is 181 Å². The molecule has 2 rings (SSSR count). The Hall–Kier alpha value is 0.110. The number of halogens is 3. The Bertz CT molecular complexity index is 563. The van der Waals surface area contributed by atoms with Crippen LogP contribution in [0.2, 0.25) is 10.0 Å². The van der Waals surface area contributed by atoms with E-state index in [4.69, 9.17) is 27.9 Å². The Balaban J connectivity index is 0.00000312. The molecule has 8 heteroatoms. The zero-order chi connectivity index (χ0) is 17.4. The van der Waals surface area contributed by atoms with Crippen LogP contribution in [0, 0.1) is 0 Å². The highest BCUT2D eigenvalue weighted by Gasteiger charge is 2.32. The van der Waals surface area contributed by atoms with E-state index in [0.29, 0.717) is 16.6 Å². The van der Waals surface area contributed by atoms with Gasteiger partial charge in [0.1, 0.15) is 0 Å².